The van der Waals surface area contributed by atoms with E-state index in [0.717, 1.165) is 43.6 Å². The molecule has 1 aromatic heterocycles. The molecule has 2 heterocycles. The van der Waals surface area contributed by atoms with Crippen LogP contribution in [0.5, 0.6) is 0 Å². The Bertz CT molecular complexity index is 908. The van der Waals surface area contributed by atoms with Gasteiger partial charge in [0.15, 0.2) is 0 Å². The first-order chi connectivity index (χ1) is 13.3. The Morgan fingerprint density at radius 3 is 2.67 bits per heavy atom. The highest BCUT2D eigenvalue weighted by Gasteiger charge is 2.23. The summed E-state index contributed by atoms with van der Waals surface area (Å²) in [6.45, 7) is 2.94. The van der Waals surface area contributed by atoms with Gasteiger partial charge < -0.3 is 9.64 Å². The molecule has 1 amide bonds. The van der Waals surface area contributed by atoms with Crippen LogP contribution in [0.3, 0.4) is 0 Å². The first-order valence-electron chi connectivity index (χ1n) is 9.41. The molecule has 0 bridgehead atoms. The third-order valence-electron chi connectivity index (χ3n) is 5.02. The van der Waals surface area contributed by atoms with Gasteiger partial charge in [-0.1, -0.05) is 30.3 Å². The Labute approximate surface area is 159 Å². The summed E-state index contributed by atoms with van der Waals surface area (Å²) in [5.41, 5.74) is 3.45. The van der Waals surface area contributed by atoms with E-state index >= 15 is 0 Å². The van der Waals surface area contributed by atoms with E-state index in [-0.39, 0.29) is 5.91 Å². The van der Waals surface area contributed by atoms with Crippen molar-refractivity contribution in [3.05, 3.63) is 72.1 Å². The Hall–Kier alpha value is -2.79. The molecule has 0 spiro atoms. The topological polar surface area (TPSA) is 55.3 Å². The zero-order valence-electron chi connectivity index (χ0n) is 15.3. The number of ether oxygens (including phenoxy) is 1. The number of hydrogen-bond acceptors (Lipinski definition) is 4. The molecule has 1 saturated heterocycles. The fourth-order valence-corrected chi connectivity index (χ4v) is 3.50. The van der Waals surface area contributed by atoms with Crippen LogP contribution < -0.4 is 0 Å². The standard InChI is InChI=1S/C22H23N3O2/c26-22(19-6-7-20-21(14-19)24-11-10-23-20)25(15-18-9-13-27-16-18)12-8-17-4-2-1-3-5-17/h1-7,10-11,14,18H,8-9,12-13,15-16H2. The van der Waals surface area contributed by atoms with Crippen LogP contribution >= 0.6 is 0 Å². The van der Waals surface area contributed by atoms with Gasteiger partial charge in [0.1, 0.15) is 0 Å². The highest BCUT2D eigenvalue weighted by atomic mass is 16.5. The highest BCUT2D eigenvalue weighted by molar-refractivity contribution is 5.97. The largest absolute Gasteiger partial charge is 0.381 e. The lowest BCUT2D eigenvalue weighted by molar-refractivity contribution is 0.0723. The van der Waals surface area contributed by atoms with Crippen LogP contribution in [0.25, 0.3) is 11.0 Å². The minimum atomic E-state index is 0.0467. The fourth-order valence-electron chi connectivity index (χ4n) is 3.50. The maximum atomic E-state index is 13.2. The molecule has 3 aromatic rings. The van der Waals surface area contributed by atoms with Crippen LogP contribution in [0.2, 0.25) is 0 Å². The van der Waals surface area contributed by atoms with Gasteiger partial charge in [0, 0.05) is 43.6 Å². The lowest BCUT2D eigenvalue weighted by atomic mass is 10.1. The average molecular weight is 361 g/mol. The van der Waals surface area contributed by atoms with Crippen LogP contribution in [0.15, 0.2) is 60.9 Å². The van der Waals surface area contributed by atoms with Crippen molar-refractivity contribution in [1.82, 2.24) is 14.9 Å². The Balaban J connectivity index is 1.54. The molecule has 2 aromatic carbocycles. The number of hydrogen-bond donors (Lipinski definition) is 0. The fraction of sp³-hybridized carbons (Fsp3) is 0.318. The van der Waals surface area contributed by atoms with E-state index in [9.17, 15) is 4.79 Å². The van der Waals surface area contributed by atoms with E-state index in [0.29, 0.717) is 18.0 Å². The van der Waals surface area contributed by atoms with E-state index in [1.807, 2.05) is 41.3 Å². The van der Waals surface area contributed by atoms with Crippen molar-refractivity contribution >= 4 is 16.9 Å². The molecule has 0 saturated carbocycles. The molecule has 0 radical (unpaired) electrons. The van der Waals surface area contributed by atoms with E-state index in [4.69, 9.17) is 4.74 Å². The predicted molar refractivity (Wildman–Crippen MR) is 105 cm³/mol. The molecule has 1 atom stereocenters. The first kappa shape index (κ1) is 17.6. The van der Waals surface area contributed by atoms with E-state index in [2.05, 4.69) is 22.1 Å². The van der Waals surface area contributed by atoms with Crippen LogP contribution in [-0.4, -0.2) is 47.1 Å². The minimum absolute atomic E-state index is 0.0467. The van der Waals surface area contributed by atoms with Crippen molar-refractivity contribution in [2.75, 3.05) is 26.3 Å². The lowest BCUT2D eigenvalue weighted by Crippen LogP contribution is -2.37. The number of aromatic nitrogens is 2. The van der Waals surface area contributed by atoms with Crippen LogP contribution in [0.4, 0.5) is 0 Å². The van der Waals surface area contributed by atoms with Gasteiger partial charge in [-0.3, -0.25) is 14.8 Å². The molecule has 1 fully saturated rings. The summed E-state index contributed by atoms with van der Waals surface area (Å²) in [5.74, 6) is 0.454. The third kappa shape index (κ3) is 4.31. The second-order valence-corrected chi connectivity index (χ2v) is 6.98. The molecular formula is C22H23N3O2. The van der Waals surface area contributed by atoms with Crippen molar-refractivity contribution < 1.29 is 9.53 Å². The SMILES string of the molecule is O=C(c1ccc2nccnc2c1)N(CCc1ccccc1)CC1CCOC1. The van der Waals surface area contributed by atoms with Crippen molar-refractivity contribution in [2.24, 2.45) is 5.92 Å². The van der Waals surface area contributed by atoms with Gasteiger partial charge in [0.2, 0.25) is 0 Å². The van der Waals surface area contributed by atoms with Gasteiger partial charge in [-0.15, -0.1) is 0 Å². The highest BCUT2D eigenvalue weighted by Crippen LogP contribution is 2.18. The number of carbonyl (C=O) groups is 1. The van der Waals surface area contributed by atoms with Gasteiger partial charge in [0.25, 0.3) is 5.91 Å². The zero-order chi connectivity index (χ0) is 18.5. The van der Waals surface area contributed by atoms with Gasteiger partial charge >= 0.3 is 0 Å². The maximum Gasteiger partial charge on any atom is 0.253 e. The summed E-state index contributed by atoms with van der Waals surface area (Å²) in [7, 11) is 0. The predicted octanol–water partition coefficient (Wildman–Crippen LogP) is 3.35. The summed E-state index contributed by atoms with van der Waals surface area (Å²) in [6, 6.07) is 15.8. The van der Waals surface area contributed by atoms with Crippen LogP contribution in [-0.2, 0) is 11.2 Å². The summed E-state index contributed by atoms with van der Waals surface area (Å²) in [6.07, 6.45) is 5.17. The smallest absolute Gasteiger partial charge is 0.253 e. The number of carbonyl (C=O) groups excluding carboxylic acids is 1. The molecule has 138 valence electrons. The van der Waals surface area contributed by atoms with Crippen molar-refractivity contribution in [3.8, 4) is 0 Å². The summed E-state index contributed by atoms with van der Waals surface area (Å²) in [5, 5.41) is 0. The average Bonchev–Trinajstić information content (AvgIpc) is 3.24. The van der Waals surface area contributed by atoms with Crippen molar-refractivity contribution in [3.63, 3.8) is 0 Å². The summed E-state index contributed by atoms with van der Waals surface area (Å²) in [4.78, 5) is 23.8. The Morgan fingerprint density at radius 1 is 1.07 bits per heavy atom. The lowest BCUT2D eigenvalue weighted by Gasteiger charge is -2.25. The second kappa shape index (κ2) is 8.27. The quantitative estimate of drug-likeness (QED) is 0.676. The van der Waals surface area contributed by atoms with Crippen LogP contribution in [0, 0.1) is 5.92 Å². The molecule has 1 unspecified atom stereocenters. The van der Waals surface area contributed by atoms with Crippen molar-refractivity contribution in [1.29, 1.82) is 0 Å². The minimum Gasteiger partial charge on any atom is -0.381 e. The number of amides is 1. The second-order valence-electron chi connectivity index (χ2n) is 6.98. The number of rotatable bonds is 6. The first-order valence-corrected chi connectivity index (χ1v) is 9.41. The Morgan fingerprint density at radius 2 is 1.89 bits per heavy atom. The summed E-state index contributed by atoms with van der Waals surface area (Å²) >= 11 is 0. The van der Waals surface area contributed by atoms with E-state index in [1.54, 1.807) is 12.4 Å². The molecule has 5 heteroatoms. The normalized spacial score (nSPS) is 16.5. The maximum absolute atomic E-state index is 13.2. The number of nitrogens with zero attached hydrogens (tertiary/aromatic N) is 3. The molecule has 27 heavy (non-hydrogen) atoms. The van der Waals surface area contributed by atoms with Crippen LogP contribution in [0.1, 0.15) is 22.3 Å². The molecule has 4 rings (SSSR count). The monoisotopic (exact) mass is 361 g/mol. The van der Waals surface area contributed by atoms with Gasteiger partial charge in [-0.2, -0.15) is 0 Å². The molecule has 1 aliphatic heterocycles. The molecule has 5 nitrogen and oxygen atoms in total. The number of fused-ring (bicyclic) bond motifs is 1. The number of benzene rings is 2. The zero-order valence-corrected chi connectivity index (χ0v) is 15.3. The molecule has 0 N–H and O–H groups in total. The van der Waals surface area contributed by atoms with Gasteiger partial charge in [0.05, 0.1) is 17.6 Å². The molecule has 0 aliphatic carbocycles. The van der Waals surface area contributed by atoms with Gasteiger partial charge in [-0.05, 0) is 36.6 Å². The third-order valence-corrected chi connectivity index (χ3v) is 5.02. The van der Waals surface area contributed by atoms with E-state index < -0.39 is 0 Å². The van der Waals surface area contributed by atoms with E-state index in [1.165, 1.54) is 5.56 Å². The molecular weight excluding hydrogens is 338 g/mol. The van der Waals surface area contributed by atoms with Gasteiger partial charge in [-0.25, -0.2) is 0 Å². The summed E-state index contributed by atoms with van der Waals surface area (Å²) < 4.78 is 5.51. The molecule has 1 aliphatic rings. The van der Waals surface area contributed by atoms with Crippen molar-refractivity contribution in [2.45, 2.75) is 12.8 Å². The Kier molecular flexibility index (Phi) is 5.39.